The fourth-order valence-electron chi connectivity index (χ4n) is 3.82. The van der Waals surface area contributed by atoms with Gasteiger partial charge in [0.25, 0.3) is 11.5 Å². The maximum atomic E-state index is 12.7. The lowest BCUT2D eigenvalue weighted by Gasteiger charge is -2.17. The van der Waals surface area contributed by atoms with Crippen LogP contribution in [0.15, 0.2) is 58.2 Å². The number of hydrogen-bond donors (Lipinski definition) is 2. The third-order valence-corrected chi connectivity index (χ3v) is 7.39. The van der Waals surface area contributed by atoms with E-state index < -0.39 is 10.0 Å². The Kier molecular flexibility index (Phi) is 6.80. The summed E-state index contributed by atoms with van der Waals surface area (Å²) in [6.07, 6.45) is 1.74. The number of carbonyl (C=O) groups excluding carboxylic acids is 1. The molecule has 0 radical (unpaired) electrons. The van der Waals surface area contributed by atoms with Crippen LogP contribution in [0.2, 0.25) is 0 Å². The minimum Gasteiger partial charge on any atom is -0.483 e. The minimum atomic E-state index is -3.51. The predicted molar refractivity (Wildman–Crippen MR) is 128 cm³/mol. The number of carbonyl (C=O) groups is 1. The molecule has 1 aliphatic heterocycles. The largest absolute Gasteiger partial charge is 0.483 e. The molecule has 0 bridgehead atoms. The van der Waals surface area contributed by atoms with Gasteiger partial charge in [-0.25, -0.2) is 13.4 Å². The zero-order valence-electron chi connectivity index (χ0n) is 19.0. The van der Waals surface area contributed by atoms with Crippen LogP contribution in [-0.4, -0.2) is 48.3 Å². The lowest BCUT2D eigenvalue weighted by molar-refractivity contribution is -0.118. The number of H-pyrrole nitrogens is 1. The van der Waals surface area contributed by atoms with Crippen molar-refractivity contribution in [2.45, 2.75) is 31.6 Å². The maximum absolute atomic E-state index is 12.7. The SMILES string of the molecule is Cc1cc(=O)[nH]c(-c2cccc(NC(=O)COc3ccc(S(=O)(=O)N4CCCC4)cc3C)c2)n1. The molecule has 10 heteroatoms. The van der Waals surface area contributed by atoms with Crippen LogP contribution in [0.1, 0.15) is 24.1 Å². The molecule has 2 heterocycles. The van der Waals surface area contributed by atoms with E-state index in [1.54, 1.807) is 50.2 Å². The van der Waals surface area contributed by atoms with Crippen LogP contribution in [0.5, 0.6) is 5.75 Å². The highest BCUT2D eigenvalue weighted by atomic mass is 32.2. The van der Waals surface area contributed by atoms with Crippen molar-refractivity contribution in [1.29, 1.82) is 0 Å². The first-order valence-corrected chi connectivity index (χ1v) is 12.4. The quantitative estimate of drug-likeness (QED) is 0.534. The summed E-state index contributed by atoms with van der Waals surface area (Å²) in [7, 11) is -3.51. The van der Waals surface area contributed by atoms with Crippen LogP contribution >= 0.6 is 0 Å². The Morgan fingerprint density at radius 2 is 1.88 bits per heavy atom. The molecule has 34 heavy (non-hydrogen) atoms. The number of ether oxygens (including phenoxy) is 1. The zero-order chi connectivity index (χ0) is 24.3. The van der Waals surface area contributed by atoms with E-state index in [2.05, 4.69) is 15.3 Å². The van der Waals surface area contributed by atoms with Gasteiger partial charge in [0.05, 0.1) is 4.90 Å². The summed E-state index contributed by atoms with van der Waals surface area (Å²) in [5.41, 5.74) is 2.16. The van der Waals surface area contributed by atoms with Gasteiger partial charge < -0.3 is 15.0 Å². The molecule has 4 rings (SSSR count). The molecule has 178 valence electrons. The molecule has 0 unspecified atom stereocenters. The Balaban J connectivity index is 1.40. The van der Waals surface area contributed by atoms with Crippen LogP contribution < -0.4 is 15.6 Å². The second-order valence-corrected chi connectivity index (χ2v) is 10.1. The number of anilines is 1. The summed E-state index contributed by atoms with van der Waals surface area (Å²) in [5, 5.41) is 2.76. The van der Waals surface area contributed by atoms with Gasteiger partial charge in [-0.1, -0.05) is 12.1 Å². The van der Waals surface area contributed by atoms with E-state index in [0.717, 1.165) is 12.8 Å². The molecule has 2 N–H and O–H groups in total. The van der Waals surface area contributed by atoms with Gasteiger partial charge >= 0.3 is 0 Å². The standard InChI is InChI=1S/C24H26N4O5S/c1-16-12-20(34(31,32)28-10-3-4-11-28)8-9-21(16)33-15-23(30)26-19-7-5-6-18(14-19)24-25-17(2)13-22(29)27-24/h5-9,12-14H,3-4,10-11,15H2,1-2H3,(H,26,30)(H,25,27,29). The molecule has 0 saturated carbocycles. The first-order valence-electron chi connectivity index (χ1n) is 10.9. The fraction of sp³-hybridized carbons (Fsp3) is 0.292. The van der Waals surface area contributed by atoms with Crippen LogP contribution in [0, 0.1) is 13.8 Å². The van der Waals surface area contributed by atoms with Crippen molar-refractivity contribution in [2.75, 3.05) is 25.0 Å². The summed E-state index contributed by atoms with van der Waals surface area (Å²) in [6, 6.07) is 13.0. The fourth-order valence-corrected chi connectivity index (χ4v) is 5.43. The summed E-state index contributed by atoms with van der Waals surface area (Å²) in [5.74, 6) is 0.471. The van der Waals surface area contributed by atoms with Gasteiger partial charge in [-0.2, -0.15) is 4.31 Å². The molecule has 0 spiro atoms. The van der Waals surface area contributed by atoms with Crippen molar-refractivity contribution in [3.05, 3.63) is 70.1 Å². The number of aromatic nitrogens is 2. The predicted octanol–water partition coefficient (Wildman–Crippen LogP) is 2.86. The summed E-state index contributed by atoms with van der Waals surface area (Å²) in [6.45, 7) is 4.31. The summed E-state index contributed by atoms with van der Waals surface area (Å²) < 4.78 is 32.6. The van der Waals surface area contributed by atoms with E-state index in [1.165, 1.54) is 16.4 Å². The first kappa shape index (κ1) is 23.7. The second-order valence-electron chi connectivity index (χ2n) is 8.19. The first-order chi connectivity index (χ1) is 16.2. The van der Waals surface area contributed by atoms with Crippen LogP contribution in [-0.2, 0) is 14.8 Å². The number of aromatic amines is 1. The van der Waals surface area contributed by atoms with Crippen LogP contribution in [0.4, 0.5) is 5.69 Å². The van der Waals surface area contributed by atoms with E-state index >= 15 is 0 Å². The highest BCUT2D eigenvalue weighted by Crippen LogP contribution is 2.26. The molecule has 1 aromatic heterocycles. The Hall–Kier alpha value is -3.50. The van der Waals surface area contributed by atoms with E-state index in [0.29, 0.717) is 47.2 Å². The minimum absolute atomic E-state index is 0.225. The summed E-state index contributed by atoms with van der Waals surface area (Å²) >= 11 is 0. The third-order valence-electron chi connectivity index (χ3n) is 5.50. The lowest BCUT2D eigenvalue weighted by atomic mass is 10.2. The van der Waals surface area contributed by atoms with E-state index in [9.17, 15) is 18.0 Å². The second kappa shape index (κ2) is 9.78. The molecule has 3 aromatic rings. The highest BCUT2D eigenvalue weighted by Gasteiger charge is 2.27. The van der Waals surface area contributed by atoms with Crippen molar-refractivity contribution < 1.29 is 17.9 Å². The van der Waals surface area contributed by atoms with Gasteiger partial charge in [0.2, 0.25) is 10.0 Å². The number of rotatable bonds is 7. The molecular weight excluding hydrogens is 456 g/mol. The molecule has 1 saturated heterocycles. The van der Waals surface area contributed by atoms with Crippen molar-refractivity contribution in [3.8, 4) is 17.1 Å². The number of amides is 1. The topological polar surface area (TPSA) is 121 Å². The third kappa shape index (κ3) is 5.35. The van der Waals surface area contributed by atoms with Gasteiger partial charge in [0.1, 0.15) is 11.6 Å². The zero-order valence-corrected chi connectivity index (χ0v) is 19.8. The van der Waals surface area contributed by atoms with Gasteiger partial charge in [0.15, 0.2) is 6.61 Å². The number of nitrogens with zero attached hydrogens (tertiary/aromatic N) is 2. The van der Waals surface area contributed by atoms with Gasteiger partial charge in [-0.3, -0.25) is 9.59 Å². The highest BCUT2D eigenvalue weighted by molar-refractivity contribution is 7.89. The Labute approximate surface area is 197 Å². The number of aryl methyl sites for hydroxylation is 2. The van der Waals surface area contributed by atoms with Crippen molar-refractivity contribution in [1.82, 2.24) is 14.3 Å². The maximum Gasteiger partial charge on any atom is 0.262 e. The number of sulfonamides is 1. The Bertz CT molecular complexity index is 1380. The molecule has 0 atom stereocenters. The van der Waals surface area contributed by atoms with Gasteiger partial charge in [-0.05, 0) is 62.6 Å². The smallest absolute Gasteiger partial charge is 0.262 e. The van der Waals surface area contributed by atoms with Crippen LogP contribution in [0.3, 0.4) is 0 Å². The normalized spacial score (nSPS) is 14.2. The lowest BCUT2D eigenvalue weighted by Crippen LogP contribution is -2.27. The molecule has 2 aromatic carbocycles. The molecule has 1 amide bonds. The molecule has 0 aliphatic carbocycles. The van der Waals surface area contributed by atoms with Crippen LogP contribution in [0.25, 0.3) is 11.4 Å². The molecular formula is C24H26N4O5S. The molecule has 1 aliphatic rings. The summed E-state index contributed by atoms with van der Waals surface area (Å²) in [4.78, 5) is 31.4. The number of hydrogen-bond acceptors (Lipinski definition) is 6. The monoisotopic (exact) mass is 482 g/mol. The van der Waals surface area contributed by atoms with E-state index in [1.807, 2.05) is 0 Å². The Morgan fingerprint density at radius 1 is 1.12 bits per heavy atom. The average molecular weight is 483 g/mol. The van der Waals surface area contributed by atoms with E-state index in [-0.39, 0.29) is 23.0 Å². The van der Waals surface area contributed by atoms with E-state index in [4.69, 9.17) is 4.74 Å². The number of benzene rings is 2. The van der Waals surface area contributed by atoms with Gasteiger partial charge in [-0.15, -0.1) is 0 Å². The average Bonchev–Trinajstić information content (AvgIpc) is 3.34. The number of nitrogens with one attached hydrogen (secondary N) is 2. The Morgan fingerprint density at radius 3 is 2.59 bits per heavy atom. The molecule has 9 nitrogen and oxygen atoms in total. The van der Waals surface area contributed by atoms with Crippen molar-refractivity contribution in [2.24, 2.45) is 0 Å². The van der Waals surface area contributed by atoms with Gasteiger partial charge in [0, 0.05) is 36.1 Å². The molecule has 1 fully saturated rings. The van der Waals surface area contributed by atoms with Crippen molar-refractivity contribution >= 4 is 21.6 Å². The van der Waals surface area contributed by atoms with Crippen molar-refractivity contribution in [3.63, 3.8) is 0 Å².